The molecule has 4 atom stereocenters. The molecule has 8 heteroatoms. The van der Waals surface area contributed by atoms with Gasteiger partial charge in [-0.3, -0.25) is 4.79 Å². The van der Waals surface area contributed by atoms with Crippen LogP contribution in [0.4, 0.5) is 0 Å². The number of unbranched alkanes of at least 4 members (excludes halogenated alkanes) is 12. The number of rotatable bonds is 23. The van der Waals surface area contributed by atoms with Gasteiger partial charge in [0.05, 0.1) is 24.4 Å². The Bertz CT molecular complexity index is 1430. The van der Waals surface area contributed by atoms with Crippen molar-refractivity contribution in [2.24, 2.45) is 5.92 Å². The summed E-state index contributed by atoms with van der Waals surface area (Å²) in [5.74, 6) is -0.133. The van der Waals surface area contributed by atoms with Gasteiger partial charge in [-0.15, -0.1) is 11.8 Å². The van der Waals surface area contributed by atoms with Crippen LogP contribution >= 0.6 is 11.8 Å². The number of benzene rings is 3. The molecule has 0 aromatic heterocycles. The van der Waals surface area contributed by atoms with Gasteiger partial charge in [-0.25, -0.2) is 4.79 Å². The Morgan fingerprint density at radius 1 is 0.706 bits per heavy atom. The molecule has 1 amide bonds. The van der Waals surface area contributed by atoms with E-state index in [1.807, 2.05) is 60.7 Å². The first-order valence-corrected chi connectivity index (χ1v) is 20.2. The number of carbonyl (C=O) groups is 2. The fourth-order valence-corrected chi connectivity index (χ4v) is 7.63. The molecule has 1 fully saturated rings. The average molecular weight is 718 g/mol. The van der Waals surface area contributed by atoms with E-state index in [0.29, 0.717) is 18.7 Å². The number of aliphatic hydroxyl groups excluding tert-OH is 1. The third-order valence-electron chi connectivity index (χ3n) is 9.89. The Morgan fingerprint density at radius 2 is 1.25 bits per heavy atom. The van der Waals surface area contributed by atoms with Crippen molar-refractivity contribution in [2.75, 3.05) is 5.75 Å². The number of aromatic carboxylic acids is 1. The molecule has 0 spiro atoms. The highest BCUT2D eigenvalue weighted by Crippen LogP contribution is 2.43. The lowest BCUT2D eigenvalue weighted by atomic mass is 9.91. The molecule has 3 aromatic rings. The number of ether oxygens (including phenoxy) is 2. The van der Waals surface area contributed by atoms with E-state index in [1.54, 1.807) is 23.9 Å². The van der Waals surface area contributed by atoms with E-state index in [-0.39, 0.29) is 36.2 Å². The van der Waals surface area contributed by atoms with Gasteiger partial charge >= 0.3 is 5.97 Å². The van der Waals surface area contributed by atoms with Gasteiger partial charge in [0.15, 0.2) is 6.29 Å². The van der Waals surface area contributed by atoms with E-state index in [4.69, 9.17) is 9.47 Å². The summed E-state index contributed by atoms with van der Waals surface area (Å²) in [6, 6.07) is 22.8. The van der Waals surface area contributed by atoms with Crippen molar-refractivity contribution >= 4 is 23.6 Å². The van der Waals surface area contributed by atoms with Gasteiger partial charge < -0.3 is 25.0 Å². The molecule has 0 radical (unpaired) electrons. The minimum absolute atomic E-state index is 0.0146. The molecular weight excluding hydrogens is 659 g/mol. The van der Waals surface area contributed by atoms with E-state index in [1.165, 1.54) is 70.6 Å². The van der Waals surface area contributed by atoms with E-state index >= 15 is 0 Å². The number of thioether (sulfide) groups is 1. The van der Waals surface area contributed by atoms with Crippen LogP contribution in [0, 0.1) is 5.92 Å². The van der Waals surface area contributed by atoms with Crippen LogP contribution in [0.15, 0.2) is 77.7 Å². The average Bonchev–Trinajstić information content (AvgIpc) is 3.16. The van der Waals surface area contributed by atoms with Crippen molar-refractivity contribution in [1.82, 2.24) is 5.32 Å². The van der Waals surface area contributed by atoms with E-state index in [9.17, 15) is 19.8 Å². The summed E-state index contributed by atoms with van der Waals surface area (Å²) in [4.78, 5) is 24.8. The lowest BCUT2D eigenvalue weighted by Crippen LogP contribution is -2.38. The minimum Gasteiger partial charge on any atom is -0.478 e. The molecule has 1 saturated heterocycles. The molecule has 0 saturated carbocycles. The number of hydrogen-bond donors (Lipinski definition) is 3. The molecule has 1 heterocycles. The molecular formula is C43H59NO6S. The highest BCUT2D eigenvalue weighted by Gasteiger charge is 2.38. The van der Waals surface area contributed by atoms with Crippen LogP contribution in [0.5, 0.6) is 0 Å². The van der Waals surface area contributed by atoms with Crippen LogP contribution in [0.1, 0.15) is 149 Å². The largest absolute Gasteiger partial charge is 0.478 e. The maximum absolute atomic E-state index is 12.5. The number of nitrogens with one attached hydrogen (secondary N) is 1. The first kappa shape index (κ1) is 40.6. The first-order chi connectivity index (χ1) is 24.9. The van der Waals surface area contributed by atoms with Crippen molar-refractivity contribution in [3.8, 4) is 0 Å². The number of carboxylic acid groups (broad SMARTS) is 1. The number of carbonyl (C=O) groups excluding carboxylic acids is 1. The Kier molecular flexibility index (Phi) is 18.1. The van der Waals surface area contributed by atoms with E-state index in [2.05, 4.69) is 19.2 Å². The second-order valence-electron chi connectivity index (χ2n) is 14.0. The molecule has 3 aromatic carbocycles. The fourth-order valence-electron chi connectivity index (χ4n) is 6.57. The van der Waals surface area contributed by atoms with Gasteiger partial charge in [0, 0.05) is 35.1 Å². The Balaban J connectivity index is 1.22. The monoisotopic (exact) mass is 717 g/mol. The third kappa shape index (κ3) is 14.1. The van der Waals surface area contributed by atoms with Crippen LogP contribution in [0.3, 0.4) is 0 Å². The molecule has 7 nitrogen and oxygen atoms in total. The van der Waals surface area contributed by atoms with Crippen LogP contribution in [0.25, 0.3) is 0 Å². The Labute approximate surface area is 309 Å². The second-order valence-corrected chi connectivity index (χ2v) is 15.1. The Morgan fingerprint density at radius 3 is 1.82 bits per heavy atom. The van der Waals surface area contributed by atoms with Crippen LogP contribution in [-0.4, -0.2) is 33.9 Å². The predicted octanol–water partition coefficient (Wildman–Crippen LogP) is 10.6. The molecule has 0 bridgehead atoms. The number of amides is 1. The summed E-state index contributed by atoms with van der Waals surface area (Å²) in [5.41, 5.74) is 4.06. The van der Waals surface area contributed by atoms with Gasteiger partial charge in [0.25, 0.3) is 0 Å². The second kappa shape index (κ2) is 22.7. The van der Waals surface area contributed by atoms with Gasteiger partial charge in [-0.1, -0.05) is 139 Å². The minimum atomic E-state index is -0.941. The smallest absolute Gasteiger partial charge is 0.335 e. The van der Waals surface area contributed by atoms with Crippen molar-refractivity contribution in [1.29, 1.82) is 0 Å². The van der Waals surface area contributed by atoms with Crippen molar-refractivity contribution in [3.05, 3.63) is 101 Å². The summed E-state index contributed by atoms with van der Waals surface area (Å²) in [6.45, 7) is 4.87. The third-order valence-corrected chi connectivity index (χ3v) is 11.0. The zero-order valence-corrected chi connectivity index (χ0v) is 31.5. The van der Waals surface area contributed by atoms with Gasteiger partial charge in [-0.2, -0.15) is 0 Å². The van der Waals surface area contributed by atoms with Gasteiger partial charge in [0.2, 0.25) is 5.91 Å². The lowest BCUT2D eigenvalue weighted by Gasteiger charge is -2.41. The highest BCUT2D eigenvalue weighted by molar-refractivity contribution is 7.99. The predicted molar refractivity (Wildman–Crippen MR) is 206 cm³/mol. The van der Waals surface area contributed by atoms with Crippen molar-refractivity contribution < 1.29 is 29.3 Å². The van der Waals surface area contributed by atoms with Crippen LogP contribution < -0.4 is 5.32 Å². The van der Waals surface area contributed by atoms with Gasteiger partial charge in [-0.05, 0) is 47.4 Å². The van der Waals surface area contributed by atoms with Crippen LogP contribution in [-0.2, 0) is 27.4 Å². The zero-order valence-electron chi connectivity index (χ0n) is 30.7. The quantitative estimate of drug-likeness (QED) is 0.0662. The molecule has 1 aliphatic heterocycles. The van der Waals surface area contributed by atoms with E-state index < -0.39 is 12.3 Å². The molecule has 3 N–H and O–H groups in total. The molecule has 4 rings (SSSR count). The summed E-state index contributed by atoms with van der Waals surface area (Å²) in [7, 11) is 0. The number of carboxylic acids is 1. The maximum atomic E-state index is 12.5. The zero-order chi connectivity index (χ0) is 36.3. The molecule has 278 valence electrons. The summed E-state index contributed by atoms with van der Waals surface area (Å²) in [6.07, 6.45) is 16.4. The topological polar surface area (TPSA) is 105 Å². The molecule has 1 unspecified atom stereocenters. The first-order valence-electron chi connectivity index (χ1n) is 19.2. The van der Waals surface area contributed by atoms with E-state index in [0.717, 1.165) is 40.0 Å². The van der Waals surface area contributed by atoms with Gasteiger partial charge in [0.1, 0.15) is 0 Å². The number of aliphatic hydroxyl groups is 1. The maximum Gasteiger partial charge on any atom is 0.335 e. The summed E-state index contributed by atoms with van der Waals surface area (Å²) >= 11 is 1.63. The fraction of sp³-hybridized carbons (Fsp3) is 0.535. The summed E-state index contributed by atoms with van der Waals surface area (Å²) < 4.78 is 13.2. The summed E-state index contributed by atoms with van der Waals surface area (Å²) in [5, 5.41) is 21.9. The molecule has 0 aliphatic carbocycles. The van der Waals surface area contributed by atoms with Crippen molar-refractivity contribution in [2.45, 2.75) is 140 Å². The SMILES string of the molecule is CCCCCCCCCCCCCCCC(=O)NCc1ccc(C2O[C@H](CSc3ccc(C(=O)O)cc3)[C@H](C)[C@H](c3ccc(CO)cc3)O2)cc1. The molecule has 51 heavy (non-hydrogen) atoms. The highest BCUT2D eigenvalue weighted by atomic mass is 32.2. The lowest BCUT2D eigenvalue weighted by molar-refractivity contribution is -0.268. The Hall–Kier alpha value is -3.17. The van der Waals surface area contributed by atoms with Crippen LogP contribution in [0.2, 0.25) is 0 Å². The standard InChI is InChI=1S/C43H59NO6S/c1-3-4-5-6-7-8-9-10-11-12-13-14-15-16-40(46)44-29-33-17-23-37(24-18-33)43-49-39(31-51-38-27-25-36(26-28-38)42(47)48)32(2)41(50-43)35-21-19-34(30-45)20-22-35/h17-28,32,39,41,43,45H,3-16,29-31H2,1-2H3,(H,44,46)(H,47,48)/t32-,39+,41+,43?/m0/s1. The number of hydrogen-bond acceptors (Lipinski definition) is 6. The molecule has 1 aliphatic rings. The normalized spacial score (nSPS) is 18.8. The van der Waals surface area contributed by atoms with Crippen molar-refractivity contribution in [3.63, 3.8) is 0 Å².